The van der Waals surface area contributed by atoms with Crippen molar-refractivity contribution < 1.29 is 23.2 Å². The summed E-state index contributed by atoms with van der Waals surface area (Å²) in [6.07, 6.45) is 0. The van der Waals surface area contributed by atoms with Crippen LogP contribution in [0.1, 0.15) is 16.7 Å². The van der Waals surface area contributed by atoms with Crippen LogP contribution in [-0.2, 0) is 14.9 Å². The van der Waals surface area contributed by atoms with Gasteiger partial charge in [0, 0.05) is 26.2 Å². The Bertz CT molecular complexity index is 1200. The Morgan fingerprint density at radius 3 is 1.57 bits per heavy atom. The van der Waals surface area contributed by atoms with Gasteiger partial charge in [-0.2, -0.15) is 8.42 Å². The number of halogens is 5. The molecule has 0 saturated heterocycles. The smallest absolute Gasteiger partial charge is 0.283 e. The van der Waals surface area contributed by atoms with Crippen LogP contribution >= 0.6 is 58.0 Å². The Morgan fingerprint density at radius 2 is 1.17 bits per heavy atom. The molecule has 0 spiro atoms. The van der Waals surface area contributed by atoms with Gasteiger partial charge >= 0.3 is 0 Å². The van der Waals surface area contributed by atoms with E-state index in [0.717, 1.165) is 12.1 Å². The number of rotatable bonds is 4. The third-order valence-electron chi connectivity index (χ3n) is 4.43. The first kappa shape index (κ1) is 23.3. The van der Waals surface area contributed by atoms with E-state index in [1.807, 2.05) is 0 Å². The molecule has 0 fully saturated rings. The standard InChI is InChI=1S/C19H11Cl5O5S/c20-10-3-1-2-9(4-10)19(30(27,28)29,13-5-11(21)7-15(23)17(13)25)14-6-12(22)8-16(24)18(14)26/h1-8,25-26H,(H,27,28,29). The highest BCUT2D eigenvalue weighted by molar-refractivity contribution is 7.87. The van der Waals surface area contributed by atoms with Gasteiger partial charge in [0.2, 0.25) is 0 Å². The molecule has 3 rings (SSSR count). The third kappa shape index (κ3) is 3.82. The van der Waals surface area contributed by atoms with Crippen LogP contribution in [0.4, 0.5) is 0 Å². The monoisotopic (exact) mass is 526 g/mol. The Labute approximate surface area is 197 Å². The van der Waals surface area contributed by atoms with Gasteiger partial charge in [-0.25, -0.2) is 0 Å². The fourth-order valence-electron chi connectivity index (χ4n) is 3.26. The van der Waals surface area contributed by atoms with Crippen LogP contribution in [0, 0.1) is 0 Å². The molecule has 30 heavy (non-hydrogen) atoms. The number of aromatic hydroxyl groups is 2. The minimum atomic E-state index is -5.23. The van der Waals surface area contributed by atoms with Crippen molar-refractivity contribution in [3.63, 3.8) is 0 Å². The summed E-state index contributed by atoms with van der Waals surface area (Å²) in [4.78, 5) is 0. The predicted molar refractivity (Wildman–Crippen MR) is 119 cm³/mol. The molecule has 158 valence electrons. The third-order valence-corrected chi connectivity index (χ3v) is 7.13. The van der Waals surface area contributed by atoms with Crippen LogP contribution in [0.15, 0.2) is 48.5 Å². The van der Waals surface area contributed by atoms with Crippen molar-refractivity contribution in [3.05, 3.63) is 90.3 Å². The second kappa shape index (κ2) is 8.28. The molecule has 3 aromatic carbocycles. The van der Waals surface area contributed by atoms with E-state index >= 15 is 0 Å². The molecule has 3 N–H and O–H groups in total. The van der Waals surface area contributed by atoms with Crippen molar-refractivity contribution in [1.29, 1.82) is 0 Å². The zero-order valence-electron chi connectivity index (χ0n) is 14.6. The highest BCUT2D eigenvalue weighted by Gasteiger charge is 2.52. The zero-order chi connectivity index (χ0) is 22.4. The van der Waals surface area contributed by atoms with Gasteiger partial charge in [0.15, 0.2) is 4.75 Å². The molecular weight excluding hydrogens is 518 g/mol. The van der Waals surface area contributed by atoms with Crippen molar-refractivity contribution in [3.8, 4) is 11.5 Å². The van der Waals surface area contributed by atoms with E-state index in [4.69, 9.17) is 58.0 Å². The number of phenolic OH excluding ortho intramolecular Hbond substituents is 2. The molecular formula is C19H11Cl5O5S. The fourth-order valence-corrected chi connectivity index (χ4v) is 5.73. The molecule has 11 heteroatoms. The van der Waals surface area contributed by atoms with E-state index in [-0.39, 0.29) is 30.7 Å². The molecule has 0 amide bonds. The molecule has 5 nitrogen and oxygen atoms in total. The lowest BCUT2D eigenvalue weighted by Gasteiger charge is -2.34. The van der Waals surface area contributed by atoms with Crippen molar-refractivity contribution >= 4 is 68.1 Å². The predicted octanol–water partition coefficient (Wildman–Crippen LogP) is 6.54. The van der Waals surface area contributed by atoms with Gasteiger partial charge in [0.05, 0.1) is 10.0 Å². The minimum Gasteiger partial charge on any atom is -0.506 e. The number of hydrogen-bond acceptors (Lipinski definition) is 4. The van der Waals surface area contributed by atoms with Crippen LogP contribution in [-0.4, -0.2) is 23.2 Å². The number of phenols is 2. The van der Waals surface area contributed by atoms with Crippen LogP contribution in [0.3, 0.4) is 0 Å². The van der Waals surface area contributed by atoms with Crippen LogP contribution in [0.5, 0.6) is 11.5 Å². The molecule has 3 aromatic rings. The lowest BCUT2D eigenvalue weighted by Crippen LogP contribution is -2.38. The van der Waals surface area contributed by atoms with Crippen molar-refractivity contribution in [2.75, 3.05) is 0 Å². The van der Waals surface area contributed by atoms with Crippen molar-refractivity contribution in [2.45, 2.75) is 4.75 Å². The lowest BCUT2D eigenvalue weighted by molar-refractivity contribution is 0.428. The summed E-state index contributed by atoms with van der Waals surface area (Å²) in [6, 6.07) is 9.98. The Morgan fingerprint density at radius 1 is 0.700 bits per heavy atom. The number of hydrogen-bond donors (Lipinski definition) is 3. The van der Waals surface area contributed by atoms with E-state index < -0.39 is 37.5 Å². The van der Waals surface area contributed by atoms with Gasteiger partial charge in [-0.1, -0.05) is 70.1 Å². The van der Waals surface area contributed by atoms with Gasteiger partial charge in [-0.15, -0.1) is 0 Å². The van der Waals surface area contributed by atoms with Gasteiger partial charge < -0.3 is 10.2 Å². The normalized spacial score (nSPS) is 12.2. The second-order valence-corrected chi connectivity index (χ2v) is 9.92. The first-order chi connectivity index (χ1) is 13.9. The highest BCUT2D eigenvalue weighted by atomic mass is 35.5. The molecule has 0 radical (unpaired) electrons. The molecule has 0 saturated carbocycles. The number of benzene rings is 3. The Balaban J connectivity index is 2.68. The molecule has 0 atom stereocenters. The summed E-state index contributed by atoms with van der Waals surface area (Å²) < 4.78 is 33.9. The summed E-state index contributed by atoms with van der Waals surface area (Å²) >= 11 is 30.3. The van der Waals surface area contributed by atoms with Gasteiger partial charge in [0.1, 0.15) is 11.5 Å². The van der Waals surface area contributed by atoms with E-state index in [1.54, 1.807) is 0 Å². The van der Waals surface area contributed by atoms with Crippen molar-refractivity contribution in [2.24, 2.45) is 0 Å². The molecule has 0 bridgehead atoms. The average Bonchev–Trinajstić information content (AvgIpc) is 2.62. The van der Waals surface area contributed by atoms with E-state index in [2.05, 4.69) is 0 Å². The first-order valence-corrected chi connectivity index (χ1v) is 11.3. The van der Waals surface area contributed by atoms with Gasteiger partial charge in [-0.3, -0.25) is 4.55 Å². The van der Waals surface area contributed by atoms with Crippen LogP contribution in [0.25, 0.3) is 0 Å². The van der Waals surface area contributed by atoms with Crippen molar-refractivity contribution in [1.82, 2.24) is 0 Å². The van der Waals surface area contributed by atoms with E-state index in [1.165, 1.54) is 36.4 Å². The summed E-state index contributed by atoms with van der Waals surface area (Å²) in [5.74, 6) is -1.40. The largest absolute Gasteiger partial charge is 0.506 e. The minimum absolute atomic E-state index is 0.0459. The summed E-state index contributed by atoms with van der Waals surface area (Å²) in [6.45, 7) is 0. The fraction of sp³-hybridized carbons (Fsp3) is 0.0526. The topological polar surface area (TPSA) is 94.8 Å². The quantitative estimate of drug-likeness (QED) is 0.264. The Kier molecular flexibility index (Phi) is 6.43. The second-order valence-electron chi connectivity index (χ2n) is 6.23. The van der Waals surface area contributed by atoms with Gasteiger partial charge in [0.25, 0.3) is 10.1 Å². The zero-order valence-corrected chi connectivity index (χ0v) is 19.2. The average molecular weight is 529 g/mol. The molecule has 0 unspecified atom stereocenters. The molecule has 0 heterocycles. The van der Waals surface area contributed by atoms with E-state index in [9.17, 15) is 23.2 Å². The summed E-state index contributed by atoms with van der Waals surface area (Å²) in [5.41, 5.74) is -1.03. The highest BCUT2D eigenvalue weighted by Crippen LogP contribution is 2.53. The first-order valence-electron chi connectivity index (χ1n) is 7.99. The summed E-state index contributed by atoms with van der Waals surface area (Å²) in [5, 5.41) is 20.8. The summed E-state index contributed by atoms with van der Waals surface area (Å²) in [7, 11) is -5.23. The Hall–Kier alpha value is -1.38. The van der Waals surface area contributed by atoms with Crippen LogP contribution < -0.4 is 0 Å². The molecule has 0 aromatic heterocycles. The maximum Gasteiger partial charge on any atom is 0.283 e. The SMILES string of the molecule is O=S(=O)(O)C(c1cccc(Cl)c1)(c1cc(Cl)cc(Cl)c1O)c1cc(Cl)cc(Cl)c1O. The maximum atomic E-state index is 13.0. The van der Waals surface area contributed by atoms with Gasteiger partial charge in [-0.05, 0) is 42.0 Å². The molecule has 0 aliphatic heterocycles. The van der Waals surface area contributed by atoms with E-state index in [0.29, 0.717) is 0 Å². The van der Waals surface area contributed by atoms with Crippen LogP contribution in [0.2, 0.25) is 25.1 Å². The maximum absolute atomic E-state index is 13.0. The molecule has 0 aliphatic carbocycles. The lowest BCUT2D eigenvalue weighted by atomic mass is 9.83. The molecule has 0 aliphatic rings.